The SMILES string of the molecule is O=C(C1CCCCC1C(F)(F)F)N1CCOCC1. The molecule has 0 radical (unpaired) electrons. The molecule has 104 valence electrons. The molecule has 1 saturated heterocycles. The van der Waals surface area contributed by atoms with Gasteiger partial charge in [0.15, 0.2) is 0 Å². The summed E-state index contributed by atoms with van der Waals surface area (Å²) >= 11 is 0. The summed E-state index contributed by atoms with van der Waals surface area (Å²) in [6.45, 7) is 1.68. The van der Waals surface area contributed by atoms with Crippen LogP contribution in [0.1, 0.15) is 25.7 Å². The normalized spacial score (nSPS) is 30.3. The molecule has 2 unspecified atom stereocenters. The highest BCUT2D eigenvalue weighted by atomic mass is 19.4. The third kappa shape index (κ3) is 2.96. The van der Waals surface area contributed by atoms with E-state index < -0.39 is 18.0 Å². The van der Waals surface area contributed by atoms with E-state index in [2.05, 4.69) is 0 Å². The van der Waals surface area contributed by atoms with Gasteiger partial charge in [-0.15, -0.1) is 0 Å². The van der Waals surface area contributed by atoms with Crippen LogP contribution in [0.3, 0.4) is 0 Å². The Balaban J connectivity index is 2.05. The van der Waals surface area contributed by atoms with Crippen molar-refractivity contribution in [1.82, 2.24) is 4.90 Å². The molecule has 3 nitrogen and oxygen atoms in total. The van der Waals surface area contributed by atoms with E-state index in [1.165, 1.54) is 4.90 Å². The molecule has 1 amide bonds. The lowest BCUT2D eigenvalue weighted by Crippen LogP contribution is -2.48. The summed E-state index contributed by atoms with van der Waals surface area (Å²) in [5, 5.41) is 0. The van der Waals surface area contributed by atoms with Crippen LogP contribution >= 0.6 is 0 Å². The number of carbonyl (C=O) groups is 1. The predicted octanol–water partition coefficient (Wildman–Crippen LogP) is 2.21. The van der Waals surface area contributed by atoms with Gasteiger partial charge in [0.2, 0.25) is 5.91 Å². The Kier molecular flexibility index (Phi) is 4.14. The second-order valence-corrected chi connectivity index (χ2v) is 4.98. The first-order chi connectivity index (χ1) is 8.50. The quantitative estimate of drug-likeness (QED) is 0.727. The van der Waals surface area contributed by atoms with Crippen molar-refractivity contribution >= 4 is 5.91 Å². The second-order valence-electron chi connectivity index (χ2n) is 4.98. The summed E-state index contributed by atoms with van der Waals surface area (Å²) in [7, 11) is 0. The van der Waals surface area contributed by atoms with Gasteiger partial charge < -0.3 is 9.64 Å². The van der Waals surface area contributed by atoms with Crippen molar-refractivity contribution in [3.05, 3.63) is 0 Å². The van der Waals surface area contributed by atoms with Gasteiger partial charge in [-0.1, -0.05) is 12.8 Å². The molecule has 2 rings (SSSR count). The number of hydrogen-bond donors (Lipinski definition) is 0. The highest BCUT2D eigenvalue weighted by Crippen LogP contribution is 2.42. The molecule has 0 aromatic rings. The van der Waals surface area contributed by atoms with Crippen molar-refractivity contribution in [3.63, 3.8) is 0 Å². The number of carbonyl (C=O) groups excluding carboxylic acids is 1. The number of alkyl halides is 3. The number of hydrogen-bond acceptors (Lipinski definition) is 2. The lowest BCUT2D eigenvalue weighted by atomic mass is 9.78. The summed E-state index contributed by atoms with van der Waals surface area (Å²) in [4.78, 5) is 13.7. The zero-order valence-electron chi connectivity index (χ0n) is 10.2. The number of halogens is 3. The molecule has 0 N–H and O–H groups in total. The van der Waals surface area contributed by atoms with Gasteiger partial charge in [0.25, 0.3) is 0 Å². The first-order valence-corrected chi connectivity index (χ1v) is 6.43. The smallest absolute Gasteiger partial charge is 0.378 e. The molecule has 1 aliphatic carbocycles. The summed E-state index contributed by atoms with van der Waals surface area (Å²) in [6.07, 6.45) is -2.53. The van der Waals surface area contributed by atoms with Gasteiger partial charge in [-0.05, 0) is 12.8 Å². The molecule has 2 aliphatic rings. The van der Waals surface area contributed by atoms with E-state index in [9.17, 15) is 18.0 Å². The average Bonchev–Trinajstić information content (AvgIpc) is 2.38. The minimum Gasteiger partial charge on any atom is -0.378 e. The number of ether oxygens (including phenoxy) is 1. The molecule has 18 heavy (non-hydrogen) atoms. The summed E-state index contributed by atoms with van der Waals surface area (Å²) in [5.41, 5.74) is 0. The van der Waals surface area contributed by atoms with Crippen LogP contribution in [0.15, 0.2) is 0 Å². The number of morpholine rings is 1. The van der Waals surface area contributed by atoms with Crippen molar-refractivity contribution in [2.75, 3.05) is 26.3 Å². The van der Waals surface area contributed by atoms with Crippen LogP contribution in [-0.4, -0.2) is 43.3 Å². The van der Waals surface area contributed by atoms with E-state index in [4.69, 9.17) is 4.74 Å². The van der Waals surface area contributed by atoms with Gasteiger partial charge in [-0.3, -0.25) is 4.79 Å². The molecule has 2 atom stereocenters. The lowest BCUT2D eigenvalue weighted by molar-refractivity contribution is -0.201. The van der Waals surface area contributed by atoms with Crippen molar-refractivity contribution < 1.29 is 22.7 Å². The van der Waals surface area contributed by atoms with E-state index in [1.807, 2.05) is 0 Å². The van der Waals surface area contributed by atoms with E-state index >= 15 is 0 Å². The van der Waals surface area contributed by atoms with E-state index in [1.54, 1.807) is 0 Å². The lowest BCUT2D eigenvalue weighted by Gasteiger charge is -2.36. The molecular weight excluding hydrogens is 247 g/mol. The summed E-state index contributed by atoms with van der Waals surface area (Å²) < 4.78 is 43.9. The minimum atomic E-state index is -4.26. The molecule has 1 aliphatic heterocycles. The zero-order chi connectivity index (χ0) is 13.2. The van der Waals surface area contributed by atoms with Gasteiger partial charge in [-0.25, -0.2) is 0 Å². The van der Waals surface area contributed by atoms with Gasteiger partial charge in [0.05, 0.1) is 19.1 Å². The highest BCUT2D eigenvalue weighted by molar-refractivity contribution is 5.79. The zero-order valence-corrected chi connectivity index (χ0v) is 10.2. The fourth-order valence-electron chi connectivity index (χ4n) is 2.84. The molecule has 1 heterocycles. The summed E-state index contributed by atoms with van der Waals surface area (Å²) in [5.74, 6) is -2.67. The molecule has 0 aromatic carbocycles. The molecule has 6 heteroatoms. The van der Waals surface area contributed by atoms with Crippen molar-refractivity contribution in [2.45, 2.75) is 31.9 Å². The Morgan fingerprint density at radius 3 is 2.33 bits per heavy atom. The van der Waals surface area contributed by atoms with E-state index in [0.717, 1.165) is 0 Å². The minimum absolute atomic E-state index is 0.0875. The van der Waals surface area contributed by atoms with Crippen LogP contribution in [0, 0.1) is 11.8 Å². The Hall–Kier alpha value is -0.780. The maximum absolute atomic E-state index is 12.9. The molecule has 2 fully saturated rings. The van der Waals surface area contributed by atoms with Crippen LogP contribution in [0.25, 0.3) is 0 Å². The standard InChI is InChI=1S/C12H18F3NO2/c13-12(14,15)10-4-2-1-3-9(10)11(17)16-5-7-18-8-6-16/h9-10H,1-8H2. The van der Waals surface area contributed by atoms with Crippen LogP contribution in [0.5, 0.6) is 0 Å². The molecule has 0 spiro atoms. The van der Waals surface area contributed by atoms with Crippen LogP contribution in [0.4, 0.5) is 13.2 Å². The fourth-order valence-corrected chi connectivity index (χ4v) is 2.84. The van der Waals surface area contributed by atoms with Gasteiger partial charge in [0.1, 0.15) is 0 Å². The second kappa shape index (κ2) is 5.47. The molecule has 0 bridgehead atoms. The largest absolute Gasteiger partial charge is 0.392 e. The first-order valence-electron chi connectivity index (χ1n) is 6.43. The van der Waals surface area contributed by atoms with E-state index in [0.29, 0.717) is 45.6 Å². The summed E-state index contributed by atoms with van der Waals surface area (Å²) in [6, 6.07) is 0. The first kappa shape index (κ1) is 13.6. The van der Waals surface area contributed by atoms with Gasteiger partial charge in [-0.2, -0.15) is 13.2 Å². The fraction of sp³-hybridized carbons (Fsp3) is 0.917. The maximum atomic E-state index is 12.9. The van der Waals surface area contributed by atoms with E-state index in [-0.39, 0.29) is 12.3 Å². The van der Waals surface area contributed by atoms with Crippen molar-refractivity contribution in [1.29, 1.82) is 0 Å². The number of rotatable bonds is 1. The van der Waals surface area contributed by atoms with Crippen molar-refractivity contribution in [2.24, 2.45) is 11.8 Å². The van der Waals surface area contributed by atoms with Crippen LogP contribution < -0.4 is 0 Å². The predicted molar refractivity (Wildman–Crippen MR) is 58.9 cm³/mol. The third-order valence-electron chi connectivity index (χ3n) is 3.83. The van der Waals surface area contributed by atoms with Crippen LogP contribution in [-0.2, 0) is 9.53 Å². The Morgan fingerprint density at radius 1 is 1.11 bits per heavy atom. The third-order valence-corrected chi connectivity index (χ3v) is 3.83. The van der Waals surface area contributed by atoms with Crippen molar-refractivity contribution in [3.8, 4) is 0 Å². The number of amides is 1. The Bertz CT molecular complexity index is 300. The average molecular weight is 265 g/mol. The van der Waals surface area contributed by atoms with Crippen LogP contribution in [0.2, 0.25) is 0 Å². The van der Waals surface area contributed by atoms with Gasteiger partial charge in [0, 0.05) is 19.0 Å². The maximum Gasteiger partial charge on any atom is 0.392 e. The molecule has 0 aromatic heterocycles. The number of nitrogens with zero attached hydrogens (tertiary/aromatic N) is 1. The topological polar surface area (TPSA) is 29.5 Å². The Morgan fingerprint density at radius 2 is 1.72 bits per heavy atom. The molecule has 1 saturated carbocycles. The highest BCUT2D eigenvalue weighted by Gasteiger charge is 2.48. The Labute approximate surface area is 104 Å². The van der Waals surface area contributed by atoms with Gasteiger partial charge >= 0.3 is 6.18 Å². The monoisotopic (exact) mass is 265 g/mol. The molecular formula is C12H18F3NO2.